The van der Waals surface area contributed by atoms with Gasteiger partial charge < -0.3 is 5.73 Å². The Labute approximate surface area is 129 Å². The molecule has 2 fully saturated rings. The third kappa shape index (κ3) is 3.17. The normalized spacial score (nSPS) is 25.0. The monoisotopic (exact) mass is 286 g/mol. The minimum absolute atomic E-state index is 0.492. The number of hydrogen-bond acceptors (Lipinski definition) is 2. The van der Waals surface area contributed by atoms with Gasteiger partial charge in [-0.2, -0.15) is 0 Å². The molecule has 21 heavy (non-hydrogen) atoms. The molecular formula is C19H30N2. The third-order valence-corrected chi connectivity index (χ3v) is 6.14. The van der Waals surface area contributed by atoms with Crippen LogP contribution in [0.5, 0.6) is 0 Å². The van der Waals surface area contributed by atoms with Crippen molar-refractivity contribution in [3.05, 3.63) is 35.9 Å². The van der Waals surface area contributed by atoms with E-state index < -0.39 is 0 Å². The minimum atomic E-state index is 0.492. The van der Waals surface area contributed by atoms with Crippen LogP contribution in [-0.4, -0.2) is 30.6 Å². The van der Waals surface area contributed by atoms with Gasteiger partial charge in [0.05, 0.1) is 0 Å². The molecule has 1 aliphatic carbocycles. The highest BCUT2D eigenvalue weighted by molar-refractivity contribution is 5.21. The molecule has 0 amide bonds. The number of rotatable bonds is 4. The van der Waals surface area contributed by atoms with Crippen LogP contribution in [0.1, 0.15) is 56.9 Å². The fourth-order valence-corrected chi connectivity index (χ4v) is 4.60. The number of hydrogen-bond donors (Lipinski definition) is 1. The van der Waals surface area contributed by atoms with Crippen LogP contribution in [0.15, 0.2) is 30.3 Å². The molecule has 2 heteroatoms. The van der Waals surface area contributed by atoms with Crippen molar-refractivity contribution in [1.82, 2.24) is 4.90 Å². The Morgan fingerprint density at radius 3 is 2.24 bits per heavy atom. The maximum Gasteiger partial charge on any atom is 0.0284 e. The minimum Gasteiger partial charge on any atom is -0.329 e. The van der Waals surface area contributed by atoms with Gasteiger partial charge in [-0.3, -0.25) is 4.90 Å². The van der Waals surface area contributed by atoms with E-state index >= 15 is 0 Å². The molecule has 1 aromatic carbocycles. The van der Waals surface area contributed by atoms with Gasteiger partial charge >= 0.3 is 0 Å². The van der Waals surface area contributed by atoms with Gasteiger partial charge in [0, 0.05) is 12.6 Å². The molecule has 116 valence electrons. The van der Waals surface area contributed by atoms with E-state index in [2.05, 4.69) is 42.2 Å². The van der Waals surface area contributed by atoms with Gasteiger partial charge in [-0.15, -0.1) is 0 Å². The molecule has 3 rings (SSSR count). The number of piperidine rings is 1. The van der Waals surface area contributed by atoms with Crippen molar-refractivity contribution in [2.24, 2.45) is 11.1 Å². The van der Waals surface area contributed by atoms with Crippen LogP contribution in [-0.2, 0) is 0 Å². The average Bonchev–Trinajstić information content (AvgIpc) is 2.99. The molecule has 1 spiro atoms. The van der Waals surface area contributed by atoms with Crippen LogP contribution in [0.25, 0.3) is 0 Å². The van der Waals surface area contributed by atoms with E-state index in [0.29, 0.717) is 17.4 Å². The Morgan fingerprint density at radius 1 is 1.05 bits per heavy atom. The maximum absolute atomic E-state index is 6.15. The zero-order valence-corrected chi connectivity index (χ0v) is 13.4. The Kier molecular flexibility index (Phi) is 4.66. The molecule has 2 atom stereocenters. The quantitative estimate of drug-likeness (QED) is 0.913. The molecule has 2 unspecified atom stereocenters. The smallest absolute Gasteiger partial charge is 0.0284 e. The van der Waals surface area contributed by atoms with Crippen LogP contribution in [0.3, 0.4) is 0 Å². The molecule has 0 aromatic heterocycles. The van der Waals surface area contributed by atoms with E-state index in [-0.39, 0.29) is 0 Å². The van der Waals surface area contributed by atoms with Gasteiger partial charge in [-0.25, -0.2) is 0 Å². The predicted octanol–water partition coefficient (Wildman–Crippen LogP) is 3.77. The lowest BCUT2D eigenvalue weighted by molar-refractivity contribution is 0.0702. The molecule has 1 heterocycles. The Morgan fingerprint density at radius 2 is 1.67 bits per heavy atom. The fraction of sp³-hybridized carbons (Fsp3) is 0.684. The van der Waals surface area contributed by atoms with Crippen LogP contribution in [0.2, 0.25) is 0 Å². The molecule has 1 aliphatic heterocycles. The largest absolute Gasteiger partial charge is 0.329 e. The lowest BCUT2D eigenvalue weighted by atomic mass is 9.76. The van der Waals surface area contributed by atoms with Crippen molar-refractivity contribution in [1.29, 1.82) is 0 Å². The highest BCUT2D eigenvalue weighted by Crippen LogP contribution is 2.46. The summed E-state index contributed by atoms with van der Waals surface area (Å²) in [5.41, 5.74) is 8.27. The van der Waals surface area contributed by atoms with Gasteiger partial charge in [0.25, 0.3) is 0 Å². The summed E-state index contributed by atoms with van der Waals surface area (Å²) >= 11 is 0. The van der Waals surface area contributed by atoms with Crippen LogP contribution in [0.4, 0.5) is 0 Å². The number of benzene rings is 1. The van der Waals surface area contributed by atoms with E-state index in [1.807, 2.05) is 0 Å². The first-order valence-corrected chi connectivity index (χ1v) is 8.73. The number of nitrogens with two attached hydrogens (primary N) is 1. The van der Waals surface area contributed by atoms with Gasteiger partial charge in [0.2, 0.25) is 0 Å². The van der Waals surface area contributed by atoms with E-state index in [0.717, 1.165) is 6.54 Å². The summed E-state index contributed by atoms with van der Waals surface area (Å²) < 4.78 is 0. The third-order valence-electron chi connectivity index (χ3n) is 6.14. The van der Waals surface area contributed by atoms with Crippen molar-refractivity contribution in [3.8, 4) is 0 Å². The molecule has 2 N–H and O–H groups in total. The summed E-state index contributed by atoms with van der Waals surface area (Å²) in [4.78, 5) is 2.67. The Balaban J connectivity index is 1.64. The van der Waals surface area contributed by atoms with Gasteiger partial charge in [0.15, 0.2) is 0 Å². The zero-order chi connectivity index (χ0) is 14.7. The van der Waals surface area contributed by atoms with Crippen molar-refractivity contribution >= 4 is 0 Å². The van der Waals surface area contributed by atoms with Gasteiger partial charge in [-0.1, -0.05) is 50.1 Å². The molecule has 0 bridgehead atoms. The Hall–Kier alpha value is -0.860. The van der Waals surface area contributed by atoms with Crippen molar-refractivity contribution < 1.29 is 0 Å². The van der Waals surface area contributed by atoms with Crippen molar-refractivity contribution in [3.63, 3.8) is 0 Å². The van der Waals surface area contributed by atoms with Gasteiger partial charge in [0.1, 0.15) is 0 Å². The van der Waals surface area contributed by atoms with E-state index in [1.165, 1.54) is 57.2 Å². The van der Waals surface area contributed by atoms with E-state index in [9.17, 15) is 0 Å². The fourth-order valence-electron chi connectivity index (χ4n) is 4.60. The van der Waals surface area contributed by atoms with Crippen molar-refractivity contribution in [2.75, 3.05) is 19.6 Å². The summed E-state index contributed by atoms with van der Waals surface area (Å²) in [6, 6.07) is 11.4. The summed E-state index contributed by atoms with van der Waals surface area (Å²) in [5.74, 6) is 0.522. The molecule has 1 saturated carbocycles. The second-order valence-corrected chi connectivity index (χ2v) is 7.25. The molecule has 2 aliphatic rings. The topological polar surface area (TPSA) is 29.3 Å². The SMILES string of the molecule is CC(c1ccccc1)C(CN)N1CCC2(CCCC2)CC1. The van der Waals surface area contributed by atoms with Crippen LogP contribution >= 0.6 is 0 Å². The molecular weight excluding hydrogens is 256 g/mol. The predicted molar refractivity (Wildman–Crippen MR) is 89.4 cm³/mol. The number of nitrogens with zero attached hydrogens (tertiary/aromatic N) is 1. The van der Waals surface area contributed by atoms with Crippen molar-refractivity contribution in [2.45, 2.75) is 57.4 Å². The molecule has 1 saturated heterocycles. The average molecular weight is 286 g/mol. The second-order valence-electron chi connectivity index (χ2n) is 7.25. The highest BCUT2D eigenvalue weighted by atomic mass is 15.2. The van der Waals surface area contributed by atoms with Crippen LogP contribution in [0, 0.1) is 5.41 Å². The number of likely N-dealkylation sites (tertiary alicyclic amines) is 1. The van der Waals surface area contributed by atoms with Gasteiger partial charge in [-0.05, 0) is 55.7 Å². The summed E-state index contributed by atoms with van der Waals surface area (Å²) in [7, 11) is 0. The first kappa shape index (κ1) is 15.1. The second kappa shape index (κ2) is 6.50. The molecule has 1 aromatic rings. The summed E-state index contributed by atoms with van der Waals surface area (Å²) in [6.07, 6.45) is 8.65. The Bertz CT molecular complexity index is 426. The first-order valence-electron chi connectivity index (χ1n) is 8.73. The van der Waals surface area contributed by atoms with E-state index in [4.69, 9.17) is 5.73 Å². The first-order chi connectivity index (χ1) is 10.2. The van der Waals surface area contributed by atoms with E-state index in [1.54, 1.807) is 0 Å². The molecule has 0 radical (unpaired) electrons. The highest BCUT2D eigenvalue weighted by Gasteiger charge is 2.38. The zero-order valence-electron chi connectivity index (χ0n) is 13.4. The summed E-state index contributed by atoms with van der Waals surface area (Å²) in [5, 5.41) is 0. The maximum atomic E-state index is 6.15. The standard InChI is InChI=1S/C19H30N2/c1-16(17-7-3-2-4-8-17)18(15-20)21-13-11-19(12-14-21)9-5-6-10-19/h2-4,7-8,16,18H,5-6,9-15,20H2,1H3. The molecule has 2 nitrogen and oxygen atoms in total. The lowest BCUT2D eigenvalue weighted by Gasteiger charge is -2.44. The van der Waals surface area contributed by atoms with Crippen LogP contribution < -0.4 is 5.73 Å². The summed E-state index contributed by atoms with van der Waals surface area (Å²) in [6.45, 7) is 5.61. The lowest BCUT2D eigenvalue weighted by Crippen LogP contribution is -2.49.